The van der Waals surface area contributed by atoms with Crippen LogP contribution < -0.4 is 0 Å². The van der Waals surface area contributed by atoms with E-state index in [0.29, 0.717) is 6.42 Å². The van der Waals surface area contributed by atoms with E-state index in [9.17, 15) is 9.59 Å². The third-order valence-corrected chi connectivity index (χ3v) is 1.29. The number of carboxylic acids is 1. The summed E-state index contributed by atoms with van der Waals surface area (Å²) in [6, 6.07) is 0. The van der Waals surface area contributed by atoms with Gasteiger partial charge in [-0.15, -0.1) is 0 Å². The molecule has 1 N–H and O–H groups in total. The summed E-state index contributed by atoms with van der Waals surface area (Å²) in [5.74, 6) is -1.56. The highest BCUT2D eigenvalue weighted by Crippen LogP contribution is 2.02. The van der Waals surface area contributed by atoms with Gasteiger partial charge in [0, 0.05) is 11.6 Å². The van der Waals surface area contributed by atoms with Gasteiger partial charge in [-0.25, -0.2) is 9.59 Å². The molecule has 0 aliphatic carbocycles. The molecule has 4 heteroatoms. The van der Waals surface area contributed by atoms with Gasteiger partial charge in [0.25, 0.3) is 0 Å². The molecule has 0 spiro atoms. The van der Waals surface area contributed by atoms with E-state index in [-0.39, 0.29) is 18.6 Å². The zero-order chi connectivity index (χ0) is 11.0. The predicted molar refractivity (Wildman–Crippen MR) is 51.5 cm³/mol. The van der Waals surface area contributed by atoms with Crippen LogP contribution in [0.5, 0.6) is 0 Å². The van der Waals surface area contributed by atoms with Crippen molar-refractivity contribution >= 4 is 11.9 Å². The number of esters is 1. The largest absolute Gasteiger partial charge is 0.478 e. The van der Waals surface area contributed by atoms with Gasteiger partial charge >= 0.3 is 11.9 Å². The lowest BCUT2D eigenvalue weighted by Crippen LogP contribution is -2.07. The fourth-order valence-corrected chi connectivity index (χ4v) is 0.652. The lowest BCUT2D eigenvalue weighted by atomic mass is 10.2. The molecule has 4 nitrogen and oxygen atoms in total. The summed E-state index contributed by atoms with van der Waals surface area (Å²) in [6.45, 7) is 7.22. The van der Waals surface area contributed by atoms with Gasteiger partial charge in [0.15, 0.2) is 0 Å². The third-order valence-electron chi connectivity index (χ3n) is 1.29. The molecule has 0 atom stereocenters. The molecule has 0 rings (SSSR count). The molecular weight excluding hydrogens is 184 g/mol. The molecule has 14 heavy (non-hydrogen) atoms. The van der Waals surface area contributed by atoms with Crippen LogP contribution in [0.2, 0.25) is 0 Å². The SMILES string of the molecule is [CH2]CCOC(=O)C(=C)CC=CC(=O)O. The van der Waals surface area contributed by atoms with Crippen LogP contribution in [0.25, 0.3) is 0 Å². The Kier molecular flexibility index (Phi) is 6.11. The Hall–Kier alpha value is -1.58. The summed E-state index contributed by atoms with van der Waals surface area (Å²) in [4.78, 5) is 21.1. The van der Waals surface area contributed by atoms with Crippen LogP contribution in [0.3, 0.4) is 0 Å². The van der Waals surface area contributed by atoms with E-state index >= 15 is 0 Å². The smallest absolute Gasteiger partial charge is 0.333 e. The van der Waals surface area contributed by atoms with Gasteiger partial charge in [-0.3, -0.25) is 0 Å². The first-order chi connectivity index (χ1) is 6.57. The van der Waals surface area contributed by atoms with Crippen molar-refractivity contribution in [3.05, 3.63) is 31.2 Å². The summed E-state index contributed by atoms with van der Waals surface area (Å²) in [5, 5.41) is 8.27. The topological polar surface area (TPSA) is 63.6 Å². The van der Waals surface area contributed by atoms with Crippen LogP contribution >= 0.6 is 0 Å². The van der Waals surface area contributed by atoms with Gasteiger partial charge in [0.1, 0.15) is 0 Å². The number of ether oxygens (including phenoxy) is 1. The summed E-state index contributed by atoms with van der Waals surface area (Å²) in [6.07, 6.45) is 2.99. The van der Waals surface area contributed by atoms with E-state index in [1.54, 1.807) is 0 Å². The van der Waals surface area contributed by atoms with Crippen molar-refractivity contribution in [2.75, 3.05) is 6.61 Å². The van der Waals surface area contributed by atoms with Crippen LogP contribution in [0, 0.1) is 6.92 Å². The number of carbonyl (C=O) groups excluding carboxylic acids is 1. The number of hydrogen-bond donors (Lipinski definition) is 1. The van der Waals surface area contributed by atoms with Crippen LogP contribution in [0.4, 0.5) is 0 Å². The standard InChI is InChI=1S/C10H13O4/c1-3-7-14-10(13)8(2)5-4-6-9(11)12/h4,6H,1-3,5,7H2,(H,11,12). The van der Waals surface area contributed by atoms with Crippen molar-refractivity contribution in [3.63, 3.8) is 0 Å². The summed E-state index contributed by atoms with van der Waals surface area (Å²) < 4.78 is 4.73. The first-order valence-electron chi connectivity index (χ1n) is 4.11. The van der Waals surface area contributed by atoms with Crippen molar-refractivity contribution in [2.45, 2.75) is 12.8 Å². The number of carbonyl (C=O) groups is 2. The molecule has 0 aliphatic heterocycles. The minimum atomic E-state index is -1.05. The normalized spacial score (nSPS) is 10.1. The first-order valence-corrected chi connectivity index (χ1v) is 4.11. The molecule has 0 bridgehead atoms. The van der Waals surface area contributed by atoms with Gasteiger partial charge in [0.2, 0.25) is 0 Å². The Bertz CT molecular complexity index is 253. The Morgan fingerprint density at radius 1 is 1.43 bits per heavy atom. The van der Waals surface area contributed by atoms with Crippen LogP contribution in [0.1, 0.15) is 12.8 Å². The molecule has 0 aromatic rings. The summed E-state index contributed by atoms with van der Waals surface area (Å²) in [7, 11) is 0. The zero-order valence-electron chi connectivity index (χ0n) is 7.86. The Balaban J connectivity index is 3.84. The molecule has 0 aliphatic rings. The van der Waals surface area contributed by atoms with Crippen molar-refractivity contribution in [1.82, 2.24) is 0 Å². The van der Waals surface area contributed by atoms with Crippen LogP contribution in [-0.2, 0) is 14.3 Å². The maximum Gasteiger partial charge on any atom is 0.333 e. The molecule has 0 saturated carbocycles. The minimum absolute atomic E-state index is 0.183. The number of hydrogen-bond acceptors (Lipinski definition) is 3. The maximum atomic E-state index is 11.0. The van der Waals surface area contributed by atoms with Gasteiger partial charge in [-0.1, -0.05) is 12.7 Å². The average Bonchev–Trinajstić information content (AvgIpc) is 2.13. The number of aliphatic carboxylic acids is 1. The molecule has 77 valence electrons. The molecule has 0 aromatic heterocycles. The van der Waals surface area contributed by atoms with E-state index < -0.39 is 11.9 Å². The Morgan fingerprint density at radius 2 is 2.07 bits per heavy atom. The summed E-state index contributed by atoms with van der Waals surface area (Å²) in [5.41, 5.74) is 0.232. The molecule has 0 amide bonds. The lowest BCUT2D eigenvalue weighted by molar-refractivity contribution is -0.139. The van der Waals surface area contributed by atoms with Crippen molar-refractivity contribution in [3.8, 4) is 0 Å². The van der Waals surface area contributed by atoms with E-state index in [1.165, 1.54) is 6.08 Å². The molecule has 0 heterocycles. The van der Waals surface area contributed by atoms with E-state index in [4.69, 9.17) is 9.84 Å². The van der Waals surface area contributed by atoms with E-state index in [2.05, 4.69) is 13.5 Å². The van der Waals surface area contributed by atoms with Crippen LogP contribution in [-0.4, -0.2) is 23.7 Å². The Morgan fingerprint density at radius 3 is 2.57 bits per heavy atom. The third kappa shape index (κ3) is 5.99. The van der Waals surface area contributed by atoms with Crippen LogP contribution in [0.15, 0.2) is 24.3 Å². The maximum absolute atomic E-state index is 11.0. The Labute approximate surface area is 82.9 Å². The second-order valence-corrected chi connectivity index (χ2v) is 2.54. The monoisotopic (exact) mass is 197 g/mol. The average molecular weight is 197 g/mol. The van der Waals surface area contributed by atoms with Gasteiger partial charge < -0.3 is 9.84 Å². The lowest BCUT2D eigenvalue weighted by Gasteiger charge is -2.02. The van der Waals surface area contributed by atoms with Crippen molar-refractivity contribution in [2.24, 2.45) is 0 Å². The van der Waals surface area contributed by atoms with Gasteiger partial charge in [0.05, 0.1) is 6.61 Å². The molecule has 0 unspecified atom stereocenters. The first kappa shape index (κ1) is 12.4. The number of allylic oxidation sites excluding steroid dienone is 1. The van der Waals surface area contributed by atoms with Gasteiger partial charge in [-0.05, 0) is 19.8 Å². The molecule has 1 radical (unpaired) electrons. The number of rotatable bonds is 6. The highest BCUT2D eigenvalue weighted by atomic mass is 16.5. The number of carboxylic acid groups (broad SMARTS) is 1. The van der Waals surface area contributed by atoms with Gasteiger partial charge in [-0.2, -0.15) is 0 Å². The predicted octanol–water partition coefficient (Wildman–Crippen LogP) is 1.34. The van der Waals surface area contributed by atoms with Crippen molar-refractivity contribution < 1.29 is 19.4 Å². The van der Waals surface area contributed by atoms with E-state index in [0.717, 1.165) is 6.08 Å². The second-order valence-electron chi connectivity index (χ2n) is 2.54. The highest BCUT2D eigenvalue weighted by molar-refractivity contribution is 5.88. The quantitative estimate of drug-likeness (QED) is 0.515. The fraction of sp³-hybridized carbons (Fsp3) is 0.300. The highest BCUT2D eigenvalue weighted by Gasteiger charge is 2.05. The summed E-state index contributed by atoms with van der Waals surface area (Å²) >= 11 is 0. The molecular formula is C10H13O4. The molecule has 0 saturated heterocycles. The zero-order valence-corrected chi connectivity index (χ0v) is 7.86. The minimum Gasteiger partial charge on any atom is -0.478 e. The van der Waals surface area contributed by atoms with Crippen molar-refractivity contribution in [1.29, 1.82) is 0 Å². The second kappa shape index (κ2) is 6.88. The molecule has 0 fully saturated rings. The van der Waals surface area contributed by atoms with E-state index in [1.807, 2.05) is 0 Å². The molecule has 0 aromatic carbocycles. The fourth-order valence-electron chi connectivity index (χ4n) is 0.652.